The molecular formula is C19H23Cl2N3O5. The summed E-state index contributed by atoms with van der Waals surface area (Å²) in [6.07, 6.45) is 1.89. The van der Waals surface area contributed by atoms with Crippen LogP contribution >= 0.6 is 23.2 Å². The van der Waals surface area contributed by atoms with Crippen molar-refractivity contribution in [3.63, 3.8) is 0 Å². The maximum absolute atomic E-state index is 8.12. The van der Waals surface area contributed by atoms with Gasteiger partial charge in [-0.05, 0) is 17.7 Å². The molecule has 0 unspecified atom stereocenters. The lowest BCUT2D eigenvalue weighted by Gasteiger charge is -2.26. The first-order chi connectivity index (χ1) is 14.1. The summed E-state index contributed by atoms with van der Waals surface area (Å²) in [6, 6.07) is 7.52. The quantitative estimate of drug-likeness (QED) is 0.657. The number of ether oxygens (including phenoxy) is 3. The lowest BCUT2D eigenvalue weighted by atomic mass is 9.95. The number of hydrogen-bond acceptors (Lipinski definition) is 7. The van der Waals surface area contributed by atoms with Gasteiger partial charge in [0, 0.05) is 32.2 Å². The number of methoxy groups -OCH3 is 1. The van der Waals surface area contributed by atoms with Gasteiger partial charge in [0.25, 0.3) is 0 Å². The van der Waals surface area contributed by atoms with Gasteiger partial charge in [-0.15, -0.1) is 0 Å². The SMILES string of the molecule is COCCOc1ccnn1C[C@@H]1CNCCO[C@H]1c1ccc(Cl)c(Cl)c1.O=C=O. The molecule has 1 aromatic heterocycles. The van der Waals surface area contributed by atoms with E-state index in [0.29, 0.717) is 36.4 Å². The summed E-state index contributed by atoms with van der Waals surface area (Å²) >= 11 is 12.3. The lowest BCUT2D eigenvalue weighted by molar-refractivity contribution is -0.191. The molecule has 158 valence electrons. The van der Waals surface area contributed by atoms with Crippen LogP contribution in [0.2, 0.25) is 10.0 Å². The number of nitrogens with zero attached hydrogens (tertiary/aromatic N) is 2. The smallest absolute Gasteiger partial charge is 0.373 e. The Morgan fingerprint density at radius 2 is 2.07 bits per heavy atom. The number of halogens is 2. The highest BCUT2D eigenvalue weighted by atomic mass is 35.5. The molecule has 1 saturated heterocycles. The summed E-state index contributed by atoms with van der Waals surface area (Å²) in [5.41, 5.74) is 1.02. The lowest BCUT2D eigenvalue weighted by Crippen LogP contribution is -2.29. The fourth-order valence-corrected chi connectivity index (χ4v) is 3.35. The Balaban J connectivity index is 0.000000941. The largest absolute Gasteiger partial charge is 0.475 e. The average Bonchev–Trinajstić information content (AvgIpc) is 3.00. The van der Waals surface area contributed by atoms with Gasteiger partial charge in [-0.25, -0.2) is 4.68 Å². The van der Waals surface area contributed by atoms with Crippen molar-refractivity contribution < 1.29 is 23.8 Å². The highest BCUT2D eigenvalue weighted by Gasteiger charge is 2.28. The number of hydrogen-bond donors (Lipinski definition) is 1. The first-order valence-electron chi connectivity index (χ1n) is 9.00. The third kappa shape index (κ3) is 7.12. The second-order valence-corrected chi connectivity index (χ2v) is 7.02. The zero-order valence-electron chi connectivity index (χ0n) is 16.0. The molecule has 0 saturated carbocycles. The van der Waals surface area contributed by atoms with Crippen LogP contribution in [-0.2, 0) is 25.6 Å². The minimum atomic E-state index is -0.101. The highest BCUT2D eigenvalue weighted by Crippen LogP contribution is 2.33. The Morgan fingerprint density at radius 3 is 2.79 bits per heavy atom. The summed E-state index contributed by atoms with van der Waals surface area (Å²) in [4.78, 5) is 16.2. The van der Waals surface area contributed by atoms with Crippen LogP contribution in [-0.4, -0.2) is 56.0 Å². The first-order valence-corrected chi connectivity index (χ1v) is 9.76. The van der Waals surface area contributed by atoms with Crippen molar-refractivity contribution in [1.29, 1.82) is 0 Å². The third-order valence-electron chi connectivity index (χ3n) is 4.31. The zero-order chi connectivity index (χ0) is 21.1. The van der Waals surface area contributed by atoms with Crippen LogP contribution in [0.3, 0.4) is 0 Å². The van der Waals surface area contributed by atoms with E-state index in [4.69, 9.17) is 47.0 Å². The molecule has 2 atom stereocenters. The molecule has 1 aliphatic heterocycles. The fraction of sp³-hybridized carbons (Fsp3) is 0.474. The van der Waals surface area contributed by atoms with Crippen LogP contribution in [0, 0.1) is 5.92 Å². The first kappa shape index (κ1) is 23.3. The molecule has 29 heavy (non-hydrogen) atoms. The second-order valence-electron chi connectivity index (χ2n) is 6.21. The van der Waals surface area contributed by atoms with Crippen molar-refractivity contribution in [2.45, 2.75) is 12.6 Å². The summed E-state index contributed by atoms with van der Waals surface area (Å²) in [6.45, 7) is 3.93. The second kappa shape index (κ2) is 12.6. The van der Waals surface area contributed by atoms with E-state index in [-0.39, 0.29) is 18.2 Å². The molecule has 0 radical (unpaired) electrons. The van der Waals surface area contributed by atoms with E-state index in [1.165, 1.54) is 0 Å². The maximum Gasteiger partial charge on any atom is 0.373 e. The van der Waals surface area contributed by atoms with Crippen LogP contribution in [0.15, 0.2) is 30.5 Å². The van der Waals surface area contributed by atoms with E-state index in [1.807, 2.05) is 28.9 Å². The molecule has 1 fully saturated rings. The predicted octanol–water partition coefficient (Wildman–Crippen LogP) is 2.61. The van der Waals surface area contributed by atoms with Gasteiger partial charge in [0.15, 0.2) is 0 Å². The molecule has 1 aliphatic rings. The molecule has 10 heteroatoms. The molecule has 2 aromatic rings. The van der Waals surface area contributed by atoms with Crippen LogP contribution < -0.4 is 10.1 Å². The normalized spacial score (nSPS) is 18.9. The molecule has 0 spiro atoms. The number of rotatable bonds is 7. The van der Waals surface area contributed by atoms with Gasteiger partial charge < -0.3 is 19.5 Å². The van der Waals surface area contributed by atoms with Gasteiger partial charge in [-0.3, -0.25) is 0 Å². The molecule has 1 aromatic carbocycles. The third-order valence-corrected chi connectivity index (χ3v) is 5.04. The van der Waals surface area contributed by atoms with E-state index in [2.05, 4.69) is 10.4 Å². The van der Waals surface area contributed by atoms with Crippen LogP contribution in [0.5, 0.6) is 5.88 Å². The molecule has 2 heterocycles. The summed E-state index contributed by atoms with van der Waals surface area (Å²) in [5.74, 6) is 0.888. The molecule has 1 N–H and O–H groups in total. The van der Waals surface area contributed by atoms with Crippen molar-refractivity contribution in [3.8, 4) is 5.88 Å². The molecule has 0 aliphatic carbocycles. The summed E-state index contributed by atoms with van der Waals surface area (Å²) in [5, 5.41) is 8.90. The maximum atomic E-state index is 8.12. The van der Waals surface area contributed by atoms with Crippen molar-refractivity contribution in [2.75, 3.05) is 40.0 Å². The highest BCUT2D eigenvalue weighted by molar-refractivity contribution is 6.42. The Hall–Kier alpha value is -1.93. The van der Waals surface area contributed by atoms with Crippen molar-refractivity contribution in [2.24, 2.45) is 5.92 Å². The molecule has 8 nitrogen and oxygen atoms in total. The number of aromatic nitrogens is 2. The number of carbonyl (C=O) groups excluding carboxylic acids is 2. The summed E-state index contributed by atoms with van der Waals surface area (Å²) in [7, 11) is 1.65. The summed E-state index contributed by atoms with van der Waals surface area (Å²) < 4.78 is 18.8. The van der Waals surface area contributed by atoms with Gasteiger partial charge in [0.2, 0.25) is 5.88 Å². The predicted molar refractivity (Wildman–Crippen MR) is 106 cm³/mol. The number of nitrogens with one attached hydrogen (secondary N) is 1. The van der Waals surface area contributed by atoms with Crippen molar-refractivity contribution in [1.82, 2.24) is 15.1 Å². The Kier molecular flexibility index (Phi) is 10.1. The van der Waals surface area contributed by atoms with Gasteiger partial charge in [0.05, 0.1) is 42.1 Å². The fourth-order valence-electron chi connectivity index (χ4n) is 3.04. The van der Waals surface area contributed by atoms with Crippen LogP contribution in [0.25, 0.3) is 0 Å². The van der Waals surface area contributed by atoms with E-state index in [1.54, 1.807) is 13.3 Å². The van der Waals surface area contributed by atoms with Gasteiger partial charge >= 0.3 is 6.15 Å². The van der Waals surface area contributed by atoms with E-state index < -0.39 is 0 Å². The minimum Gasteiger partial charge on any atom is -0.475 e. The van der Waals surface area contributed by atoms with Crippen molar-refractivity contribution >= 4 is 29.4 Å². The molecular weight excluding hydrogens is 421 g/mol. The Labute approximate surface area is 179 Å². The zero-order valence-corrected chi connectivity index (χ0v) is 17.5. The molecule has 0 bridgehead atoms. The topological polar surface area (TPSA) is 91.7 Å². The van der Waals surface area contributed by atoms with Gasteiger partial charge in [-0.2, -0.15) is 14.7 Å². The van der Waals surface area contributed by atoms with Crippen molar-refractivity contribution in [3.05, 3.63) is 46.1 Å². The molecule has 3 rings (SSSR count). The molecule has 0 amide bonds. The Morgan fingerprint density at radius 1 is 1.28 bits per heavy atom. The Bertz CT molecular complexity index is 796. The van der Waals surface area contributed by atoms with Gasteiger partial charge in [-0.1, -0.05) is 29.3 Å². The minimum absolute atomic E-state index is 0.101. The van der Waals surface area contributed by atoms with Crippen LogP contribution in [0.4, 0.5) is 0 Å². The van der Waals surface area contributed by atoms with E-state index in [9.17, 15) is 0 Å². The average molecular weight is 444 g/mol. The number of benzene rings is 1. The van der Waals surface area contributed by atoms with E-state index in [0.717, 1.165) is 24.5 Å². The van der Waals surface area contributed by atoms with Crippen LogP contribution in [0.1, 0.15) is 11.7 Å². The monoisotopic (exact) mass is 443 g/mol. The van der Waals surface area contributed by atoms with Gasteiger partial charge in [0.1, 0.15) is 6.61 Å². The van der Waals surface area contributed by atoms with E-state index >= 15 is 0 Å². The standard InChI is InChI=1S/C18H23Cl2N3O3.CO2/c1-24-8-9-25-17-4-5-22-23(17)12-14-11-21-6-7-26-18(14)13-2-3-15(19)16(20)10-13;2-1-3/h2-5,10,14,18,21H,6-9,11-12H2,1H3;/t14-,18-;/m0./s1.